The highest BCUT2D eigenvalue weighted by Gasteiger charge is 2.24. The molecule has 0 saturated carbocycles. The lowest BCUT2D eigenvalue weighted by atomic mass is 10.0. The number of ether oxygens (including phenoxy) is 1. The molecule has 132 valence electrons. The number of rotatable bonds is 13. The van der Waals surface area contributed by atoms with Gasteiger partial charge in [0.25, 0.3) is 0 Å². The molecule has 23 heavy (non-hydrogen) atoms. The average Bonchev–Trinajstić information content (AvgIpc) is 2.80. The Morgan fingerprint density at radius 3 is 2.43 bits per heavy atom. The number of Topliss-reactive ketones (excluding diaryl/α,β-unsaturated/α-hetero) is 2. The first kappa shape index (κ1) is 20.0. The summed E-state index contributed by atoms with van der Waals surface area (Å²) in [5, 5.41) is 7.23. The molecular formula is C17H30N2O3S. The van der Waals surface area contributed by atoms with Gasteiger partial charge in [-0.3, -0.25) is 9.59 Å². The third-order valence-electron chi connectivity index (χ3n) is 4.09. The third-order valence-corrected chi connectivity index (χ3v) is 4.33. The first-order chi connectivity index (χ1) is 11.0. The maximum absolute atomic E-state index is 11.7. The summed E-state index contributed by atoms with van der Waals surface area (Å²) >= 11 is 5.09. The van der Waals surface area contributed by atoms with Gasteiger partial charge in [-0.1, -0.05) is 12.8 Å². The van der Waals surface area contributed by atoms with E-state index in [2.05, 4.69) is 17.6 Å². The van der Waals surface area contributed by atoms with Crippen molar-refractivity contribution in [2.45, 2.75) is 77.3 Å². The van der Waals surface area contributed by atoms with Crippen LogP contribution in [0.2, 0.25) is 0 Å². The van der Waals surface area contributed by atoms with Crippen LogP contribution in [0.3, 0.4) is 0 Å². The molecule has 2 N–H and O–H groups in total. The van der Waals surface area contributed by atoms with Crippen molar-refractivity contribution in [3.05, 3.63) is 0 Å². The summed E-state index contributed by atoms with van der Waals surface area (Å²) < 4.78 is 5.32. The zero-order valence-electron chi connectivity index (χ0n) is 14.4. The van der Waals surface area contributed by atoms with Crippen molar-refractivity contribution in [1.29, 1.82) is 0 Å². The van der Waals surface area contributed by atoms with Crippen molar-refractivity contribution in [2.24, 2.45) is 0 Å². The molecule has 1 fully saturated rings. The van der Waals surface area contributed by atoms with E-state index in [1.807, 2.05) is 0 Å². The van der Waals surface area contributed by atoms with Crippen molar-refractivity contribution in [1.82, 2.24) is 10.6 Å². The third kappa shape index (κ3) is 9.66. The fraction of sp³-hybridized carbons (Fsp3) is 0.824. The van der Waals surface area contributed by atoms with Crippen LogP contribution in [0, 0.1) is 0 Å². The molecule has 0 unspecified atom stereocenters. The second-order valence-corrected chi connectivity index (χ2v) is 6.73. The van der Waals surface area contributed by atoms with E-state index in [0.717, 1.165) is 37.2 Å². The van der Waals surface area contributed by atoms with Crippen LogP contribution in [0.15, 0.2) is 0 Å². The lowest BCUT2D eigenvalue weighted by Crippen LogP contribution is -2.30. The molecule has 0 aromatic heterocycles. The van der Waals surface area contributed by atoms with E-state index in [4.69, 9.17) is 17.0 Å². The molecule has 0 aliphatic carbocycles. The number of carbonyl (C=O) groups is 2. The van der Waals surface area contributed by atoms with Gasteiger partial charge < -0.3 is 15.4 Å². The molecule has 0 spiro atoms. The second kappa shape index (κ2) is 11.5. The van der Waals surface area contributed by atoms with Gasteiger partial charge in [0, 0.05) is 38.0 Å². The monoisotopic (exact) mass is 342 g/mol. The molecule has 0 radical (unpaired) electrons. The van der Waals surface area contributed by atoms with Gasteiger partial charge in [-0.25, -0.2) is 0 Å². The summed E-state index contributed by atoms with van der Waals surface area (Å²) in [7, 11) is 0. The van der Waals surface area contributed by atoms with E-state index in [1.165, 1.54) is 0 Å². The molecule has 0 amide bonds. The van der Waals surface area contributed by atoms with E-state index < -0.39 is 0 Å². The Hall–Kier alpha value is -1.01. The van der Waals surface area contributed by atoms with Crippen LogP contribution in [0.5, 0.6) is 0 Å². The molecule has 1 saturated heterocycles. The topological polar surface area (TPSA) is 67.4 Å². The molecule has 6 heteroatoms. The Bertz CT molecular complexity index is 401. The predicted molar refractivity (Wildman–Crippen MR) is 95.6 cm³/mol. The molecule has 0 bridgehead atoms. The number of carbonyl (C=O) groups excluding carboxylic acids is 2. The van der Waals surface area contributed by atoms with Crippen molar-refractivity contribution in [3.63, 3.8) is 0 Å². The van der Waals surface area contributed by atoms with Crippen LogP contribution in [0.25, 0.3) is 0 Å². The Balaban J connectivity index is 1.90. The fourth-order valence-corrected chi connectivity index (χ4v) is 2.98. The zero-order chi connectivity index (χ0) is 17.1. The molecule has 0 aromatic carbocycles. The minimum Gasteiger partial charge on any atom is -0.381 e. The molecule has 1 rings (SSSR count). The van der Waals surface area contributed by atoms with Gasteiger partial charge in [0.05, 0.1) is 6.61 Å². The van der Waals surface area contributed by atoms with Crippen molar-refractivity contribution in [2.75, 3.05) is 13.2 Å². The van der Waals surface area contributed by atoms with Gasteiger partial charge in [-0.05, 0) is 45.3 Å². The zero-order valence-corrected chi connectivity index (χ0v) is 15.2. The minimum atomic E-state index is 0.140. The molecule has 1 heterocycles. The van der Waals surface area contributed by atoms with Gasteiger partial charge in [0.2, 0.25) is 0 Å². The van der Waals surface area contributed by atoms with E-state index >= 15 is 0 Å². The highest BCUT2D eigenvalue weighted by Crippen LogP contribution is 2.12. The van der Waals surface area contributed by atoms with E-state index in [1.54, 1.807) is 6.92 Å². The number of hydrogen-bond acceptors (Lipinski definition) is 4. The van der Waals surface area contributed by atoms with Crippen molar-refractivity contribution >= 4 is 28.9 Å². The molecule has 1 aliphatic heterocycles. The summed E-state index contributed by atoms with van der Waals surface area (Å²) in [6.07, 6.45) is 6.71. The highest BCUT2D eigenvalue weighted by molar-refractivity contribution is 7.80. The maximum Gasteiger partial charge on any atom is 0.166 e. The van der Waals surface area contributed by atoms with Gasteiger partial charge in [0.15, 0.2) is 5.11 Å². The first-order valence-electron chi connectivity index (χ1n) is 8.65. The van der Waals surface area contributed by atoms with E-state index in [-0.39, 0.29) is 5.78 Å². The average molecular weight is 343 g/mol. The number of unbranched alkanes of at least 4 members (excludes halogenated alkanes) is 2. The first-order valence-corrected chi connectivity index (χ1v) is 9.05. The van der Waals surface area contributed by atoms with Crippen LogP contribution < -0.4 is 10.6 Å². The van der Waals surface area contributed by atoms with Crippen LogP contribution >= 0.6 is 12.2 Å². The Labute approximate surface area is 144 Å². The van der Waals surface area contributed by atoms with Crippen molar-refractivity contribution in [3.8, 4) is 0 Å². The smallest absolute Gasteiger partial charge is 0.166 e. The maximum atomic E-state index is 11.7. The van der Waals surface area contributed by atoms with Gasteiger partial charge in [-0.15, -0.1) is 0 Å². The molecular weight excluding hydrogens is 312 g/mol. The second-order valence-electron chi connectivity index (χ2n) is 6.32. The van der Waals surface area contributed by atoms with Crippen LogP contribution in [0.4, 0.5) is 0 Å². The minimum absolute atomic E-state index is 0.140. The Kier molecular flexibility index (Phi) is 10.0. The number of thiocarbonyl (C=S) groups is 1. The van der Waals surface area contributed by atoms with Crippen LogP contribution in [0.1, 0.15) is 65.2 Å². The molecule has 0 aromatic rings. The summed E-state index contributed by atoms with van der Waals surface area (Å²) in [4.78, 5) is 22.5. The molecule has 2 atom stereocenters. The van der Waals surface area contributed by atoms with Gasteiger partial charge in [-0.2, -0.15) is 0 Å². The highest BCUT2D eigenvalue weighted by atomic mass is 32.1. The van der Waals surface area contributed by atoms with Gasteiger partial charge >= 0.3 is 0 Å². The summed E-state index contributed by atoms with van der Waals surface area (Å²) in [6.45, 7) is 4.73. The van der Waals surface area contributed by atoms with Crippen molar-refractivity contribution < 1.29 is 14.3 Å². The summed E-state index contributed by atoms with van der Waals surface area (Å²) in [5.74, 6) is 0.455. The van der Waals surface area contributed by atoms with E-state index in [0.29, 0.717) is 50.3 Å². The lowest BCUT2D eigenvalue weighted by molar-refractivity contribution is -0.120. The standard InChI is InChI=1S/C17H30N2O3S/c1-13(20)10-12-22-11-6-8-15(21)7-4-3-5-9-16-14(2)18-17(23)19-16/h14,16H,3-12H2,1-2H3,(H2,18,19,23)/t14-,16+/m0/s1. The number of ketones is 2. The molecule has 5 nitrogen and oxygen atoms in total. The largest absolute Gasteiger partial charge is 0.381 e. The quantitative estimate of drug-likeness (QED) is 0.396. The fourth-order valence-electron chi connectivity index (χ4n) is 2.64. The van der Waals surface area contributed by atoms with Crippen LogP contribution in [-0.4, -0.2) is 42.0 Å². The predicted octanol–water partition coefficient (Wildman–Crippen LogP) is 2.52. The SMILES string of the molecule is CC(=O)CCOCCCC(=O)CCCCC[C@H]1NC(=S)N[C@H]1C. The van der Waals surface area contributed by atoms with E-state index in [9.17, 15) is 9.59 Å². The Morgan fingerprint density at radius 1 is 1.04 bits per heavy atom. The summed E-state index contributed by atoms with van der Waals surface area (Å²) in [5.41, 5.74) is 0. The number of nitrogens with one attached hydrogen (secondary N) is 2. The summed E-state index contributed by atoms with van der Waals surface area (Å²) in [6, 6.07) is 0.817. The van der Waals surface area contributed by atoms with Crippen LogP contribution in [-0.2, 0) is 14.3 Å². The van der Waals surface area contributed by atoms with Gasteiger partial charge in [0.1, 0.15) is 11.6 Å². The normalized spacial score (nSPS) is 20.2. The lowest BCUT2D eigenvalue weighted by Gasteiger charge is -2.13. The number of hydrogen-bond donors (Lipinski definition) is 2. The Morgan fingerprint density at radius 2 is 1.78 bits per heavy atom. The molecule has 1 aliphatic rings.